The summed E-state index contributed by atoms with van der Waals surface area (Å²) in [5.41, 5.74) is 4.44. The smallest absolute Gasteiger partial charge is 0.265 e. The fourth-order valence-electron chi connectivity index (χ4n) is 1.64. The van der Waals surface area contributed by atoms with Gasteiger partial charge in [0.05, 0.1) is 5.69 Å². The normalized spacial score (nSPS) is 10.9. The SMILES string of the molecule is Nc1ccc(Nc2ccc(F)c(F)c2F)c(C(F)F)c1. The van der Waals surface area contributed by atoms with E-state index in [1.54, 1.807) is 0 Å². The highest BCUT2D eigenvalue weighted by molar-refractivity contribution is 5.66. The molecule has 2 nitrogen and oxygen atoms in total. The molecule has 0 bridgehead atoms. The van der Waals surface area contributed by atoms with Gasteiger partial charge in [-0.3, -0.25) is 0 Å². The maximum Gasteiger partial charge on any atom is 0.265 e. The van der Waals surface area contributed by atoms with Crippen LogP contribution in [0.5, 0.6) is 0 Å². The Morgan fingerprint density at radius 1 is 0.900 bits per heavy atom. The third-order valence-corrected chi connectivity index (χ3v) is 2.62. The molecule has 0 aliphatic carbocycles. The molecule has 0 spiro atoms. The minimum absolute atomic E-state index is 0.108. The molecule has 0 unspecified atom stereocenters. The lowest BCUT2D eigenvalue weighted by Gasteiger charge is -2.13. The van der Waals surface area contributed by atoms with Gasteiger partial charge in [-0.1, -0.05) is 0 Å². The second-order valence-electron chi connectivity index (χ2n) is 4.00. The van der Waals surface area contributed by atoms with E-state index in [4.69, 9.17) is 5.73 Å². The van der Waals surface area contributed by atoms with E-state index in [1.807, 2.05) is 0 Å². The van der Waals surface area contributed by atoms with Crippen LogP contribution in [0.2, 0.25) is 0 Å². The quantitative estimate of drug-likeness (QED) is 0.500. The molecule has 0 aromatic heterocycles. The molecule has 7 heteroatoms. The van der Waals surface area contributed by atoms with Crippen molar-refractivity contribution >= 4 is 17.1 Å². The molecule has 0 heterocycles. The predicted molar refractivity (Wildman–Crippen MR) is 65.4 cm³/mol. The van der Waals surface area contributed by atoms with Crippen molar-refractivity contribution in [2.75, 3.05) is 11.1 Å². The number of benzene rings is 2. The molecule has 0 aliphatic heterocycles. The van der Waals surface area contributed by atoms with Crippen molar-refractivity contribution < 1.29 is 22.0 Å². The summed E-state index contributed by atoms with van der Waals surface area (Å²) in [4.78, 5) is 0. The van der Waals surface area contributed by atoms with Gasteiger partial charge in [0, 0.05) is 16.9 Å². The first-order chi connectivity index (χ1) is 9.40. The Bertz CT molecular complexity index is 643. The Morgan fingerprint density at radius 2 is 1.55 bits per heavy atom. The average molecular weight is 288 g/mol. The van der Waals surface area contributed by atoms with E-state index in [-0.39, 0.29) is 11.4 Å². The maximum atomic E-state index is 13.5. The van der Waals surface area contributed by atoms with Gasteiger partial charge in [0.1, 0.15) is 0 Å². The number of halogens is 5. The maximum absolute atomic E-state index is 13.5. The van der Waals surface area contributed by atoms with Gasteiger partial charge < -0.3 is 11.1 Å². The summed E-state index contributed by atoms with van der Waals surface area (Å²) in [6.45, 7) is 0. The molecule has 2 aromatic carbocycles. The lowest BCUT2D eigenvalue weighted by atomic mass is 10.1. The van der Waals surface area contributed by atoms with Crippen LogP contribution in [0, 0.1) is 17.5 Å². The number of hydrogen-bond donors (Lipinski definition) is 2. The summed E-state index contributed by atoms with van der Waals surface area (Å²) in [6.07, 6.45) is -2.85. The van der Waals surface area contributed by atoms with Crippen LogP contribution in [0.4, 0.5) is 39.0 Å². The van der Waals surface area contributed by atoms with Crippen molar-refractivity contribution in [3.8, 4) is 0 Å². The Morgan fingerprint density at radius 3 is 2.20 bits per heavy atom. The molecule has 0 amide bonds. The Balaban J connectivity index is 2.43. The van der Waals surface area contributed by atoms with Crippen LogP contribution in [-0.4, -0.2) is 0 Å². The third-order valence-electron chi connectivity index (χ3n) is 2.62. The van der Waals surface area contributed by atoms with Gasteiger partial charge in [0.2, 0.25) is 0 Å². The summed E-state index contributed by atoms with van der Waals surface area (Å²) in [5.74, 6) is -4.52. The monoisotopic (exact) mass is 288 g/mol. The lowest BCUT2D eigenvalue weighted by Crippen LogP contribution is -2.02. The van der Waals surface area contributed by atoms with Gasteiger partial charge >= 0.3 is 0 Å². The molecule has 3 N–H and O–H groups in total. The van der Waals surface area contributed by atoms with E-state index in [1.165, 1.54) is 12.1 Å². The third kappa shape index (κ3) is 2.66. The molecular weight excluding hydrogens is 279 g/mol. The van der Waals surface area contributed by atoms with Gasteiger partial charge in [-0.2, -0.15) is 0 Å². The van der Waals surface area contributed by atoms with Gasteiger partial charge in [-0.25, -0.2) is 22.0 Å². The second-order valence-corrected chi connectivity index (χ2v) is 4.00. The first-order valence-electron chi connectivity index (χ1n) is 5.48. The zero-order chi connectivity index (χ0) is 14.9. The zero-order valence-electron chi connectivity index (χ0n) is 9.93. The summed E-state index contributed by atoms with van der Waals surface area (Å²) in [5, 5.41) is 2.30. The summed E-state index contributed by atoms with van der Waals surface area (Å²) in [6, 6.07) is 5.16. The molecule has 2 aromatic rings. The zero-order valence-corrected chi connectivity index (χ0v) is 9.93. The van der Waals surface area contributed by atoms with E-state index >= 15 is 0 Å². The highest BCUT2D eigenvalue weighted by atomic mass is 19.3. The van der Waals surface area contributed by atoms with Gasteiger partial charge in [0.25, 0.3) is 6.43 Å². The molecule has 0 saturated heterocycles. The molecule has 0 radical (unpaired) electrons. The fourth-order valence-corrected chi connectivity index (χ4v) is 1.64. The fraction of sp³-hybridized carbons (Fsp3) is 0.0769. The number of nitrogen functional groups attached to an aromatic ring is 1. The standard InChI is InChI=1S/C13H9F5N2/c14-8-2-4-10(12(16)11(8)15)20-9-3-1-6(19)5-7(9)13(17)18/h1-5,13,20H,19H2. The van der Waals surface area contributed by atoms with Crippen LogP contribution in [0.25, 0.3) is 0 Å². The van der Waals surface area contributed by atoms with Crippen molar-refractivity contribution in [3.05, 3.63) is 53.3 Å². The molecule has 0 saturated carbocycles. The van der Waals surface area contributed by atoms with Gasteiger partial charge in [-0.15, -0.1) is 0 Å². The van der Waals surface area contributed by atoms with E-state index in [2.05, 4.69) is 5.32 Å². The number of hydrogen-bond acceptors (Lipinski definition) is 2. The summed E-state index contributed by atoms with van der Waals surface area (Å²) >= 11 is 0. The van der Waals surface area contributed by atoms with E-state index in [0.29, 0.717) is 6.07 Å². The van der Waals surface area contributed by atoms with Crippen LogP contribution in [0.1, 0.15) is 12.0 Å². The largest absolute Gasteiger partial charge is 0.399 e. The summed E-state index contributed by atoms with van der Waals surface area (Å²) in [7, 11) is 0. The highest BCUT2D eigenvalue weighted by Crippen LogP contribution is 2.32. The van der Waals surface area contributed by atoms with Gasteiger partial charge in [-0.05, 0) is 30.3 Å². The van der Waals surface area contributed by atoms with E-state index in [0.717, 1.165) is 12.1 Å². The molecule has 0 aliphatic rings. The second kappa shape index (κ2) is 5.36. The van der Waals surface area contributed by atoms with Crippen LogP contribution in [0.15, 0.2) is 30.3 Å². The molecule has 0 fully saturated rings. The van der Waals surface area contributed by atoms with E-state index < -0.39 is 35.1 Å². The molecule has 0 atom stereocenters. The Kier molecular flexibility index (Phi) is 3.78. The number of nitrogens with two attached hydrogens (primary N) is 1. The van der Waals surface area contributed by atoms with Crippen molar-refractivity contribution in [2.45, 2.75) is 6.43 Å². The number of nitrogens with one attached hydrogen (secondary N) is 1. The number of alkyl halides is 2. The number of anilines is 3. The number of rotatable bonds is 3. The lowest BCUT2D eigenvalue weighted by molar-refractivity contribution is 0.152. The minimum Gasteiger partial charge on any atom is -0.399 e. The van der Waals surface area contributed by atoms with Crippen molar-refractivity contribution in [2.24, 2.45) is 0 Å². The van der Waals surface area contributed by atoms with Gasteiger partial charge in [0.15, 0.2) is 17.5 Å². The first-order valence-corrected chi connectivity index (χ1v) is 5.48. The minimum atomic E-state index is -2.85. The van der Waals surface area contributed by atoms with Crippen LogP contribution in [0.3, 0.4) is 0 Å². The molecule has 106 valence electrons. The molecule has 2 rings (SSSR count). The predicted octanol–water partition coefficient (Wildman–Crippen LogP) is 4.37. The highest BCUT2D eigenvalue weighted by Gasteiger charge is 2.17. The summed E-state index contributed by atoms with van der Waals surface area (Å²) < 4.78 is 65.0. The van der Waals surface area contributed by atoms with Crippen molar-refractivity contribution in [1.29, 1.82) is 0 Å². The van der Waals surface area contributed by atoms with Crippen LogP contribution in [-0.2, 0) is 0 Å². The van der Waals surface area contributed by atoms with Crippen molar-refractivity contribution in [1.82, 2.24) is 0 Å². The topological polar surface area (TPSA) is 38.0 Å². The Hall–Kier alpha value is -2.31. The molecule has 20 heavy (non-hydrogen) atoms. The average Bonchev–Trinajstić information content (AvgIpc) is 2.41. The van der Waals surface area contributed by atoms with Crippen LogP contribution >= 0.6 is 0 Å². The van der Waals surface area contributed by atoms with Crippen molar-refractivity contribution in [3.63, 3.8) is 0 Å². The van der Waals surface area contributed by atoms with Crippen LogP contribution < -0.4 is 11.1 Å². The van der Waals surface area contributed by atoms with E-state index in [9.17, 15) is 22.0 Å². The Labute approximate surface area is 111 Å². The first kappa shape index (κ1) is 14.1. The molecular formula is C13H9F5N2.